The van der Waals surface area contributed by atoms with Crippen molar-refractivity contribution >= 4 is 27.9 Å². The van der Waals surface area contributed by atoms with Gasteiger partial charge in [-0.2, -0.15) is 5.10 Å². The third-order valence-corrected chi connectivity index (χ3v) is 3.00. The van der Waals surface area contributed by atoms with Crippen LogP contribution in [-0.4, -0.2) is 15.6 Å². The summed E-state index contributed by atoms with van der Waals surface area (Å²) < 4.78 is 0. The van der Waals surface area contributed by atoms with Crippen LogP contribution in [0.1, 0.15) is 13.8 Å². The normalized spacial score (nSPS) is 10.0. The van der Waals surface area contributed by atoms with Crippen molar-refractivity contribution < 1.29 is 4.92 Å². The summed E-state index contributed by atoms with van der Waals surface area (Å²) in [6.45, 7) is 3.77. The highest BCUT2D eigenvalue weighted by molar-refractivity contribution is 7.14. The molecule has 2 rings (SSSR count). The molecule has 0 aliphatic rings. The van der Waals surface area contributed by atoms with Crippen molar-refractivity contribution in [2.45, 2.75) is 13.8 Å². The van der Waals surface area contributed by atoms with Crippen LogP contribution in [0.5, 0.6) is 0 Å². The molecule has 98 valence electrons. The van der Waals surface area contributed by atoms with E-state index in [0.717, 1.165) is 17.0 Å². The Morgan fingerprint density at radius 3 is 2.63 bits per heavy atom. The zero-order chi connectivity index (χ0) is 13.8. The van der Waals surface area contributed by atoms with E-state index in [0.29, 0.717) is 5.13 Å². The van der Waals surface area contributed by atoms with Crippen molar-refractivity contribution in [1.82, 2.24) is 4.98 Å². The molecule has 0 saturated carbocycles. The average molecular weight is 276 g/mol. The molecule has 0 atom stereocenters. The fraction of sp³-hybridized carbons (Fsp3) is 0.167. The lowest BCUT2D eigenvalue weighted by molar-refractivity contribution is -0.384. The Kier molecular flexibility index (Phi) is 3.86. The number of anilines is 1. The molecule has 0 bridgehead atoms. The fourth-order valence-corrected chi connectivity index (χ4v) is 2.03. The molecule has 0 aliphatic carbocycles. The Hall–Kier alpha value is -2.28. The molecule has 7 heteroatoms. The summed E-state index contributed by atoms with van der Waals surface area (Å²) in [6, 6.07) is 6.31. The van der Waals surface area contributed by atoms with Gasteiger partial charge in [0.25, 0.3) is 5.69 Å². The molecule has 0 unspecified atom stereocenters. The highest BCUT2D eigenvalue weighted by Crippen LogP contribution is 2.26. The number of benzene rings is 1. The van der Waals surface area contributed by atoms with Crippen LogP contribution in [0.4, 0.5) is 10.8 Å². The SMILES string of the molecule is CC(C)=NNc1nc(-c2ccc([N+](=O)[O-])cc2)cs1. The molecule has 0 amide bonds. The van der Waals surface area contributed by atoms with Crippen LogP contribution in [0.15, 0.2) is 34.7 Å². The number of hydrazone groups is 1. The second kappa shape index (κ2) is 5.57. The first-order chi connectivity index (χ1) is 9.06. The minimum absolute atomic E-state index is 0.0727. The Labute approximate surface area is 114 Å². The quantitative estimate of drug-likeness (QED) is 0.526. The zero-order valence-corrected chi connectivity index (χ0v) is 11.3. The molecule has 19 heavy (non-hydrogen) atoms. The van der Waals surface area contributed by atoms with Crippen molar-refractivity contribution in [2.24, 2.45) is 5.10 Å². The number of nitro groups is 1. The third kappa shape index (κ3) is 3.35. The Morgan fingerprint density at radius 1 is 1.37 bits per heavy atom. The van der Waals surface area contributed by atoms with Gasteiger partial charge in [-0.05, 0) is 26.0 Å². The van der Waals surface area contributed by atoms with Gasteiger partial charge in [-0.25, -0.2) is 4.98 Å². The first kappa shape index (κ1) is 13.2. The molecule has 1 N–H and O–H groups in total. The number of nitro benzene ring substituents is 1. The number of non-ortho nitro benzene ring substituents is 1. The summed E-state index contributed by atoms with van der Waals surface area (Å²) in [6.07, 6.45) is 0. The summed E-state index contributed by atoms with van der Waals surface area (Å²) in [5, 5.41) is 17.2. The summed E-state index contributed by atoms with van der Waals surface area (Å²) in [4.78, 5) is 14.5. The monoisotopic (exact) mass is 276 g/mol. The lowest BCUT2D eigenvalue weighted by Crippen LogP contribution is -1.92. The number of thiazole rings is 1. The van der Waals surface area contributed by atoms with Crippen LogP contribution >= 0.6 is 11.3 Å². The van der Waals surface area contributed by atoms with Gasteiger partial charge >= 0.3 is 0 Å². The van der Waals surface area contributed by atoms with E-state index < -0.39 is 4.92 Å². The summed E-state index contributed by atoms with van der Waals surface area (Å²) in [5.41, 5.74) is 5.44. The maximum atomic E-state index is 10.6. The van der Waals surface area contributed by atoms with E-state index >= 15 is 0 Å². The van der Waals surface area contributed by atoms with Crippen LogP contribution < -0.4 is 5.43 Å². The predicted molar refractivity (Wildman–Crippen MR) is 76.6 cm³/mol. The van der Waals surface area contributed by atoms with E-state index in [1.807, 2.05) is 19.2 Å². The maximum Gasteiger partial charge on any atom is 0.269 e. The van der Waals surface area contributed by atoms with E-state index in [-0.39, 0.29) is 5.69 Å². The maximum absolute atomic E-state index is 10.6. The molecule has 1 aromatic heterocycles. The molecule has 6 nitrogen and oxygen atoms in total. The number of hydrogen-bond donors (Lipinski definition) is 1. The fourth-order valence-electron chi connectivity index (χ4n) is 1.37. The first-order valence-electron chi connectivity index (χ1n) is 5.53. The molecule has 0 aliphatic heterocycles. The van der Waals surface area contributed by atoms with Gasteiger partial charge in [0.2, 0.25) is 5.13 Å². The molecular formula is C12H12N4O2S. The van der Waals surface area contributed by atoms with Crippen LogP contribution in [0.25, 0.3) is 11.3 Å². The minimum atomic E-state index is -0.420. The highest BCUT2D eigenvalue weighted by atomic mass is 32.1. The Bertz CT molecular complexity index is 615. The van der Waals surface area contributed by atoms with Gasteiger partial charge in [0.15, 0.2) is 0 Å². The largest absolute Gasteiger partial charge is 0.269 e. The van der Waals surface area contributed by atoms with Gasteiger partial charge in [-0.15, -0.1) is 11.3 Å². The summed E-state index contributed by atoms with van der Waals surface area (Å²) >= 11 is 1.43. The molecule has 1 heterocycles. The Balaban J connectivity index is 2.18. The van der Waals surface area contributed by atoms with Gasteiger partial charge in [0.1, 0.15) is 0 Å². The summed E-state index contributed by atoms with van der Waals surface area (Å²) in [7, 11) is 0. The van der Waals surface area contributed by atoms with Gasteiger partial charge in [0.05, 0.1) is 10.6 Å². The van der Waals surface area contributed by atoms with Gasteiger partial charge in [-0.1, -0.05) is 0 Å². The summed E-state index contributed by atoms with van der Waals surface area (Å²) in [5.74, 6) is 0. The van der Waals surface area contributed by atoms with Gasteiger partial charge < -0.3 is 0 Å². The molecule has 2 aromatic rings. The van der Waals surface area contributed by atoms with Gasteiger partial charge in [0, 0.05) is 28.8 Å². The van der Waals surface area contributed by atoms with Crippen molar-refractivity contribution in [3.05, 3.63) is 39.8 Å². The molecular weight excluding hydrogens is 264 g/mol. The number of nitrogens with zero attached hydrogens (tertiary/aromatic N) is 3. The van der Waals surface area contributed by atoms with Gasteiger partial charge in [-0.3, -0.25) is 15.5 Å². The number of nitrogens with one attached hydrogen (secondary N) is 1. The van der Waals surface area contributed by atoms with Crippen molar-refractivity contribution in [3.63, 3.8) is 0 Å². The second-order valence-corrected chi connectivity index (χ2v) is 4.87. The second-order valence-electron chi connectivity index (χ2n) is 4.01. The lowest BCUT2D eigenvalue weighted by Gasteiger charge is -1.96. The van der Waals surface area contributed by atoms with E-state index in [9.17, 15) is 10.1 Å². The molecule has 1 aromatic carbocycles. The zero-order valence-electron chi connectivity index (χ0n) is 10.5. The van der Waals surface area contributed by atoms with E-state index in [2.05, 4.69) is 15.5 Å². The molecule has 0 radical (unpaired) electrons. The van der Waals surface area contributed by atoms with E-state index in [1.54, 1.807) is 12.1 Å². The van der Waals surface area contributed by atoms with Crippen LogP contribution in [0.3, 0.4) is 0 Å². The smallest absolute Gasteiger partial charge is 0.258 e. The number of hydrogen-bond acceptors (Lipinski definition) is 6. The first-order valence-corrected chi connectivity index (χ1v) is 6.41. The Morgan fingerprint density at radius 2 is 2.05 bits per heavy atom. The molecule has 0 saturated heterocycles. The topological polar surface area (TPSA) is 80.4 Å². The average Bonchev–Trinajstić information content (AvgIpc) is 2.85. The number of aromatic nitrogens is 1. The van der Waals surface area contributed by atoms with Crippen molar-refractivity contribution in [1.29, 1.82) is 0 Å². The van der Waals surface area contributed by atoms with Crippen LogP contribution in [-0.2, 0) is 0 Å². The van der Waals surface area contributed by atoms with E-state index in [4.69, 9.17) is 0 Å². The third-order valence-electron chi connectivity index (χ3n) is 2.25. The minimum Gasteiger partial charge on any atom is -0.258 e. The molecule has 0 spiro atoms. The van der Waals surface area contributed by atoms with Crippen LogP contribution in [0, 0.1) is 10.1 Å². The predicted octanol–water partition coefficient (Wildman–Crippen LogP) is 3.53. The van der Waals surface area contributed by atoms with Crippen LogP contribution in [0.2, 0.25) is 0 Å². The van der Waals surface area contributed by atoms with E-state index in [1.165, 1.54) is 23.5 Å². The number of rotatable bonds is 4. The molecule has 0 fully saturated rings. The van der Waals surface area contributed by atoms with Crippen molar-refractivity contribution in [2.75, 3.05) is 5.43 Å². The standard InChI is InChI=1S/C12H12N4O2S/c1-8(2)14-15-12-13-11(7-19-12)9-3-5-10(6-4-9)16(17)18/h3-7H,1-2H3,(H,13,15). The lowest BCUT2D eigenvalue weighted by atomic mass is 10.1. The van der Waals surface area contributed by atoms with Crippen molar-refractivity contribution in [3.8, 4) is 11.3 Å². The highest BCUT2D eigenvalue weighted by Gasteiger charge is 2.07.